The largest absolute Gasteiger partial charge is 0.481 e. The number of carbonyl (C=O) groups is 1. The van der Waals surface area contributed by atoms with E-state index >= 15 is 0 Å². The third-order valence-corrected chi connectivity index (χ3v) is 4.99. The maximum Gasteiger partial charge on any atom is 0.336 e. The van der Waals surface area contributed by atoms with Gasteiger partial charge in [-0.2, -0.15) is 0 Å². The van der Waals surface area contributed by atoms with E-state index in [-0.39, 0.29) is 11.9 Å². The Hall–Kier alpha value is -2.60. The van der Waals surface area contributed by atoms with Gasteiger partial charge in [-0.15, -0.1) is 11.3 Å². The molecule has 3 rings (SSSR count). The average Bonchev–Trinajstić information content (AvgIpc) is 2.99. The van der Waals surface area contributed by atoms with E-state index in [2.05, 4.69) is 5.32 Å². The minimum absolute atomic E-state index is 0.0415. The van der Waals surface area contributed by atoms with E-state index in [1.54, 1.807) is 30.4 Å². The van der Waals surface area contributed by atoms with Crippen LogP contribution in [0.2, 0.25) is 0 Å². The second-order valence-electron chi connectivity index (χ2n) is 6.49. The van der Waals surface area contributed by atoms with Gasteiger partial charge in [-0.3, -0.25) is 4.79 Å². The summed E-state index contributed by atoms with van der Waals surface area (Å²) < 4.78 is 11.1. The lowest BCUT2D eigenvalue weighted by Crippen LogP contribution is -2.40. The molecule has 26 heavy (non-hydrogen) atoms. The fourth-order valence-electron chi connectivity index (χ4n) is 2.71. The van der Waals surface area contributed by atoms with Gasteiger partial charge in [0.1, 0.15) is 11.3 Å². The summed E-state index contributed by atoms with van der Waals surface area (Å²) >= 11 is 1.59. The van der Waals surface area contributed by atoms with Crippen molar-refractivity contribution in [1.82, 2.24) is 5.32 Å². The van der Waals surface area contributed by atoms with Gasteiger partial charge >= 0.3 is 5.63 Å². The maximum absolute atomic E-state index is 12.0. The molecule has 3 aromatic rings. The Morgan fingerprint density at radius 3 is 2.62 bits per heavy atom. The van der Waals surface area contributed by atoms with Crippen LogP contribution < -0.4 is 15.7 Å². The van der Waals surface area contributed by atoms with Gasteiger partial charge in [0.15, 0.2) is 6.10 Å². The van der Waals surface area contributed by atoms with Crippen LogP contribution in [-0.4, -0.2) is 18.1 Å². The minimum Gasteiger partial charge on any atom is -0.481 e. The molecule has 5 nitrogen and oxygen atoms in total. The van der Waals surface area contributed by atoms with Crippen molar-refractivity contribution in [3.63, 3.8) is 0 Å². The van der Waals surface area contributed by atoms with E-state index in [0.29, 0.717) is 11.3 Å². The summed E-state index contributed by atoms with van der Waals surface area (Å²) in [5, 5.41) is 5.64. The number of hydrogen-bond acceptors (Lipinski definition) is 5. The summed E-state index contributed by atoms with van der Waals surface area (Å²) in [4.78, 5) is 25.1. The van der Waals surface area contributed by atoms with E-state index in [0.717, 1.165) is 21.4 Å². The van der Waals surface area contributed by atoms with Crippen molar-refractivity contribution in [2.24, 2.45) is 0 Å². The average molecular weight is 371 g/mol. The van der Waals surface area contributed by atoms with Crippen molar-refractivity contribution in [3.05, 3.63) is 51.7 Å². The molecule has 2 aromatic heterocycles. The first kappa shape index (κ1) is 18.2. The predicted octanol–water partition coefficient (Wildman–Crippen LogP) is 4.12. The molecule has 6 heteroatoms. The molecule has 0 spiro atoms. The van der Waals surface area contributed by atoms with E-state index in [1.807, 2.05) is 38.3 Å². The maximum atomic E-state index is 12.0. The molecule has 0 fully saturated rings. The highest BCUT2D eigenvalue weighted by molar-refractivity contribution is 7.13. The standard InChI is InChI=1S/C20H21NO4S/c1-11(2)21-20(23)13(4)24-14-5-6-15-16(19-12(3)7-8-26-19)10-18(22)25-17(15)9-14/h5-11,13H,1-4H3,(H,21,23)/t13-/m1/s1. The molecule has 1 aromatic carbocycles. The van der Waals surface area contributed by atoms with E-state index in [9.17, 15) is 9.59 Å². The zero-order chi connectivity index (χ0) is 18.8. The van der Waals surface area contributed by atoms with Gasteiger partial charge in [-0.05, 0) is 56.8 Å². The highest BCUT2D eigenvalue weighted by atomic mass is 32.1. The van der Waals surface area contributed by atoms with Gasteiger partial charge in [0.25, 0.3) is 5.91 Å². The lowest BCUT2D eigenvalue weighted by atomic mass is 10.1. The van der Waals surface area contributed by atoms with Crippen molar-refractivity contribution in [3.8, 4) is 16.2 Å². The number of carbonyl (C=O) groups excluding carboxylic acids is 1. The molecule has 1 N–H and O–H groups in total. The van der Waals surface area contributed by atoms with E-state index in [1.165, 1.54) is 6.07 Å². The third-order valence-electron chi connectivity index (χ3n) is 3.94. The van der Waals surface area contributed by atoms with Crippen LogP contribution in [0.25, 0.3) is 21.4 Å². The van der Waals surface area contributed by atoms with Crippen LogP contribution in [-0.2, 0) is 4.79 Å². The second kappa shape index (κ2) is 7.33. The number of fused-ring (bicyclic) bond motifs is 1. The molecular weight excluding hydrogens is 350 g/mol. The number of aryl methyl sites for hydroxylation is 1. The SMILES string of the molecule is Cc1ccsc1-c1cc(=O)oc2cc(O[C@H](C)C(=O)NC(C)C)ccc12. The number of ether oxygens (including phenoxy) is 1. The molecule has 0 aliphatic carbocycles. The summed E-state index contributed by atoms with van der Waals surface area (Å²) in [6, 6.07) is 8.87. The molecule has 0 bridgehead atoms. The van der Waals surface area contributed by atoms with Crippen LogP contribution in [0.5, 0.6) is 5.75 Å². The van der Waals surface area contributed by atoms with Crippen LogP contribution in [0.15, 0.2) is 44.9 Å². The highest BCUT2D eigenvalue weighted by Gasteiger charge is 2.17. The minimum atomic E-state index is -0.649. The first-order chi connectivity index (χ1) is 12.3. The first-order valence-corrected chi connectivity index (χ1v) is 9.32. The van der Waals surface area contributed by atoms with Crippen LogP contribution >= 0.6 is 11.3 Å². The first-order valence-electron chi connectivity index (χ1n) is 8.44. The molecule has 0 saturated heterocycles. The van der Waals surface area contributed by atoms with Crippen LogP contribution in [0.4, 0.5) is 0 Å². The van der Waals surface area contributed by atoms with Gasteiger partial charge < -0.3 is 14.5 Å². The van der Waals surface area contributed by atoms with Crippen LogP contribution in [0.3, 0.4) is 0 Å². The molecule has 0 saturated carbocycles. The molecule has 1 atom stereocenters. The summed E-state index contributed by atoms with van der Waals surface area (Å²) in [5.74, 6) is 0.289. The smallest absolute Gasteiger partial charge is 0.336 e. The van der Waals surface area contributed by atoms with Gasteiger partial charge in [0.05, 0.1) is 0 Å². The van der Waals surface area contributed by atoms with Crippen LogP contribution in [0.1, 0.15) is 26.3 Å². The molecule has 136 valence electrons. The summed E-state index contributed by atoms with van der Waals surface area (Å²) in [6.07, 6.45) is -0.649. The zero-order valence-corrected chi connectivity index (χ0v) is 16.0. The Labute approximate surface area is 155 Å². The normalized spacial score (nSPS) is 12.3. The van der Waals surface area contributed by atoms with Crippen molar-refractivity contribution < 1.29 is 13.9 Å². The predicted molar refractivity (Wildman–Crippen MR) is 104 cm³/mol. The zero-order valence-electron chi connectivity index (χ0n) is 15.2. The van der Waals surface area contributed by atoms with Gasteiger partial charge in [-0.25, -0.2) is 4.79 Å². The Morgan fingerprint density at radius 1 is 1.19 bits per heavy atom. The molecule has 2 heterocycles. The number of hydrogen-bond donors (Lipinski definition) is 1. The molecule has 0 aliphatic heterocycles. The lowest BCUT2D eigenvalue weighted by Gasteiger charge is -2.16. The van der Waals surface area contributed by atoms with Crippen molar-refractivity contribution in [2.45, 2.75) is 39.8 Å². The molecular formula is C20H21NO4S. The van der Waals surface area contributed by atoms with E-state index < -0.39 is 11.7 Å². The fourth-order valence-corrected chi connectivity index (χ4v) is 3.67. The number of nitrogens with one attached hydrogen (secondary N) is 1. The van der Waals surface area contributed by atoms with Crippen molar-refractivity contribution in [2.75, 3.05) is 0 Å². The quantitative estimate of drug-likeness (QED) is 0.685. The van der Waals surface area contributed by atoms with Gasteiger partial charge in [-0.1, -0.05) is 0 Å². The monoisotopic (exact) mass is 371 g/mol. The summed E-state index contributed by atoms with van der Waals surface area (Å²) in [5.41, 5.74) is 1.99. The third kappa shape index (κ3) is 3.80. The van der Waals surface area contributed by atoms with Crippen LogP contribution in [0, 0.1) is 6.92 Å². The number of benzene rings is 1. The Bertz CT molecular complexity index is 1000. The molecule has 0 aliphatic rings. The fraction of sp³-hybridized carbons (Fsp3) is 0.300. The molecule has 1 amide bonds. The molecule has 0 radical (unpaired) electrons. The Balaban J connectivity index is 1.96. The second-order valence-corrected chi connectivity index (χ2v) is 7.41. The van der Waals surface area contributed by atoms with E-state index in [4.69, 9.17) is 9.15 Å². The number of amides is 1. The number of thiophene rings is 1. The lowest BCUT2D eigenvalue weighted by molar-refractivity contribution is -0.127. The Morgan fingerprint density at radius 2 is 1.96 bits per heavy atom. The Kier molecular flexibility index (Phi) is 5.13. The number of rotatable bonds is 5. The topological polar surface area (TPSA) is 68.5 Å². The van der Waals surface area contributed by atoms with Gasteiger partial charge in [0, 0.05) is 34.0 Å². The highest BCUT2D eigenvalue weighted by Crippen LogP contribution is 2.34. The molecule has 0 unspecified atom stereocenters. The summed E-state index contributed by atoms with van der Waals surface area (Å²) in [7, 11) is 0. The summed E-state index contributed by atoms with van der Waals surface area (Å²) in [6.45, 7) is 7.48. The van der Waals surface area contributed by atoms with Crippen molar-refractivity contribution in [1.29, 1.82) is 0 Å². The van der Waals surface area contributed by atoms with Gasteiger partial charge in [0.2, 0.25) is 0 Å². The van der Waals surface area contributed by atoms with Crippen molar-refractivity contribution >= 4 is 28.2 Å².